The number of nitrogens with zero attached hydrogens (tertiary/aromatic N) is 1. The van der Waals surface area contributed by atoms with Gasteiger partial charge in [0.15, 0.2) is 0 Å². The van der Waals surface area contributed by atoms with E-state index in [2.05, 4.69) is 33.9 Å². The lowest BCUT2D eigenvalue weighted by molar-refractivity contribution is 0.690. The number of nitrogens with one attached hydrogen (secondary N) is 1. The first-order valence-corrected chi connectivity index (χ1v) is 7.71. The summed E-state index contributed by atoms with van der Waals surface area (Å²) < 4.78 is 1.21. The molecule has 4 heteroatoms. The van der Waals surface area contributed by atoms with Crippen LogP contribution in [-0.2, 0) is 0 Å². The van der Waals surface area contributed by atoms with Crippen molar-refractivity contribution < 1.29 is 0 Å². The molecule has 0 spiro atoms. The van der Waals surface area contributed by atoms with Crippen molar-refractivity contribution in [2.75, 3.05) is 7.05 Å². The van der Waals surface area contributed by atoms with Crippen molar-refractivity contribution in [2.24, 2.45) is 0 Å². The van der Waals surface area contributed by atoms with Crippen molar-refractivity contribution in [3.63, 3.8) is 0 Å². The molecule has 0 aliphatic carbocycles. The monoisotopic (exact) mass is 302 g/mol. The molecule has 102 valence electrons. The minimum absolute atomic E-state index is 0.104. The van der Waals surface area contributed by atoms with E-state index in [0.29, 0.717) is 0 Å². The summed E-state index contributed by atoms with van der Waals surface area (Å²) in [6.07, 6.45) is 1.93. The van der Waals surface area contributed by atoms with Crippen LogP contribution in [0.1, 0.15) is 22.7 Å². The Hall–Kier alpha value is -1.42. The highest BCUT2D eigenvalue weighted by Crippen LogP contribution is 2.28. The van der Waals surface area contributed by atoms with E-state index >= 15 is 0 Å². The van der Waals surface area contributed by atoms with Crippen LogP contribution in [-0.4, -0.2) is 12.0 Å². The zero-order valence-corrected chi connectivity index (χ0v) is 12.9. The van der Waals surface area contributed by atoms with E-state index in [0.717, 1.165) is 27.2 Å². The SMILES string of the molecule is CNC(c1ccc(C)c(Cl)c1)c1cnc2ccsc2c1. The number of thiophene rings is 1. The van der Waals surface area contributed by atoms with E-state index in [1.54, 1.807) is 11.3 Å². The highest BCUT2D eigenvalue weighted by Gasteiger charge is 2.14. The van der Waals surface area contributed by atoms with Gasteiger partial charge in [-0.1, -0.05) is 23.7 Å². The highest BCUT2D eigenvalue weighted by molar-refractivity contribution is 7.17. The van der Waals surface area contributed by atoms with E-state index in [1.807, 2.05) is 32.3 Å². The highest BCUT2D eigenvalue weighted by atomic mass is 35.5. The second-order valence-electron chi connectivity index (χ2n) is 4.80. The molecule has 2 nitrogen and oxygen atoms in total. The molecule has 1 unspecified atom stereocenters. The maximum Gasteiger partial charge on any atom is 0.0809 e. The number of halogens is 1. The molecule has 3 rings (SSSR count). The molecule has 0 aliphatic rings. The smallest absolute Gasteiger partial charge is 0.0809 e. The average molecular weight is 303 g/mol. The first kappa shape index (κ1) is 13.6. The van der Waals surface area contributed by atoms with Gasteiger partial charge in [-0.3, -0.25) is 4.98 Å². The summed E-state index contributed by atoms with van der Waals surface area (Å²) in [5.41, 5.74) is 4.45. The average Bonchev–Trinajstić information content (AvgIpc) is 2.91. The molecule has 1 N–H and O–H groups in total. The lowest BCUT2D eigenvalue weighted by Crippen LogP contribution is -2.17. The molecule has 20 heavy (non-hydrogen) atoms. The van der Waals surface area contributed by atoms with Gasteiger partial charge in [0.2, 0.25) is 0 Å². The van der Waals surface area contributed by atoms with Gasteiger partial charge in [0.05, 0.1) is 16.3 Å². The van der Waals surface area contributed by atoms with Gasteiger partial charge in [0.1, 0.15) is 0 Å². The zero-order chi connectivity index (χ0) is 14.1. The molecule has 0 fully saturated rings. The third-order valence-corrected chi connectivity index (χ3v) is 4.74. The van der Waals surface area contributed by atoms with Crippen LogP contribution in [0.3, 0.4) is 0 Å². The van der Waals surface area contributed by atoms with Gasteiger partial charge in [-0.05, 0) is 54.2 Å². The van der Waals surface area contributed by atoms with Gasteiger partial charge in [-0.25, -0.2) is 0 Å². The predicted molar refractivity (Wildman–Crippen MR) is 86.7 cm³/mol. The summed E-state index contributed by atoms with van der Waals surface area (Å²) >= 11 is 7.95. The van der Waals surface area contributed by atoms with Crippen LogP contribution in [0, 0.1) is 6.92 Å². The number of aromatic nitrogens is 1. The molecule has 3 aromatic rings. The Bertz CT molecular complexity index is 751. The molecular formula is C16H15ClN2S. The van der Waals surface area contributed by atoms with E-state index < -0.39 is 0 Å². The van der Waals surface area contributed by atoms with E-state index in [9.17, 15) is 0 Å². The fourth-order valence-electron chi connectivity index (χ4n) is 2.33. The first-order valence-electron chi connectivity index (χ1n) is 6.45. The fraction of sp³-hybridized carbons (Fsp3) is 0.188. The maximum atomic E-state index is 6.24. The number of pyridine rings is 1. The van der Waals surface area contributed by atoms with Gasteiger partial charge in [-0.15, -0.1) is 11.3 Å². The Labute approximate surface area is 127 Å². The molecule has 0 radical (unpaired) electrons. The van der Waals surface area contributed by atoms with Gasteiger partial charge in [0, 0.05) is 11.2 Å². The predicted octanol–water partition coefficient (Wildman–Crippen LogP) is 4.57. The molecule has 2 aromatic heterocycles. The van der Waals surface area contributed by atoms with Crippen molar-refractivity contribution in [1.29, 1.82) is 0 Å². The standard InChI is InChI=1S/C16H15ClN2S/c1-10-3-4-11(7-13(10)17)16(18-2)12-8-15-14(19-9-12)5-6-20-15/h3-9,16,18H,1-2H3. The van der Waals surface area contributed by atoms with Crippen molar-refractivity contribution in [2.45, 2.75) is 13.0 Å². The van der Waals surface area contributed by atoms with E-state index in [1.165, 1.54) is 4.70 Å². The summed E-state index contributed by atoms with van der Waals surface area (Å²) in [4.78, 5) is 4.51. The fourth-order valence-corrected chi connectivity index (χ4v) is 3.31. The Balaban J connectivity index is 2.05. The number of aryl methyl sites for hydroxylation is 1. The van der Waals surface area contributed by atoms with Crippen molar-refractivity contribution in [3.05, 3.63) is 63.6 Å². The van der Waals surface area contributed by atoms with Crippen LogP contribution in [0.15, 0.2) is 41.9 Å². The summed E-state index contributed by atoms with van der Waals surface area (Å²) in [7, 11) is 1.96. The number of rotatable bonds is 3. The molecular weight excluding hydrogens is 288 g/mol. The quantitative estimate of drug-likeness (QED) is 0.767. The summed E-state index contributed by atoms with van der Waals surface area (Å²) in [6.45, 7) is 2.01. The molecule has 2 heterocycles. The van der Waals surface area contributed by atoms with Gasteiger partial charge < -0.3 is 5.32 Å². The third-order valence-electron chi connectivity index (χ3n) is 3.48. The van der Waals surface area contributed by atoms with Gasteiger partial charge in [-0.2, -0.15) is 0 Å². The Morgan fingerprint density at radius 2 is 2.05 bits per heavy atom. The molecule has 0 saturated heterocycles. The summed E-state index contributed by atoms with van der Waals surface area (Å²) in [5.74, 6) is 0. The van der Waals surface area contributed by atoms with Crippen LogP contribution in [0.5, 0.6) is 0 Å². The minimum Gasteiger partial charge on any atom is -0.309 e. The van der Waals surface area contributed by atoms with Gasteiger partial charge >= 0.3 is 0 Å². The first-order chi connectivity index (χ1) is 9.69. The Morgan fingerprint density at radius 3 is 2.80 bits per heavy atom. The second kappa shape index (κ2) is 5.52. The van der Waals surface area contributed by atoms with Crippen molar-refractivity contribution >= 4 is 33.2 Å². The van der Waals surface area contributed by atoms with Crippen LogP contribution in [0.25, 0.3) is 10.2 Å². The van der Waals surface area contributed by atoms with Crippen LogP contribution in [0.2, 0.25) is 5.02 Å². The Morgan fingerprint density at radius 1 is 1.20 bits per heavy atom. The number of hydrogen-bond acceptors (Lipinski definition) is 3. The van der Waals surface area contributed by atoms with Crippen LogP contribution in [0.4, 0.5) is 0 Å². The lowest BCUT2D eigenvalue weighted by Gasteiger charge is -2.17. The maximum absolute atomic E-state index is 6.24. The lowest BCUT2D eigenvalue weighted by atomic mass is 9.99. The number of fused-ring (bicyclic) bond motifs is 1. The minimum atomic E-state index is 0.104. The van der Waals surface area contributed by atoms with Crippen molar-refractivity contribution in [3.8, 4) is 0 Å². The normalized spacial score (nSPS) is 12.8. The number of benzene rings is 1. The topological polar surface area (TPSA) is 24.9 Å². The van der Waals surface area contributed by atoms with E-state index in [4.69, 9.17) is 11.6 Å². The van der Waals surface area contributed by atoms with Gasteiger partial charge in [0.25, 0.3) is 0 Å². The zero-order valence-electron chi connectivity index (χ0n) is 11.4. The summed E-state index contributed by atoms with van der Waals surface area (Å²) in [5, 5.41) is 6.21. The third kappa shape index (κ3) is 2.44. The van der Waals surface area contributed by atoms with Crippen molar-refractivity contribution in [1.82, 2.24) is 10.3 Å². The molecule has 0 amide bonds. The van der Waals surface area contributed by atoms with E-state index in [-0.39, 0.29) is 6.04 Å². The molecule has 0 aliphatic heterocycles. The largest absolute Gasteiger partial charge is 0.309 e. The second-order valence-corrected chi connectivity index (χ2v) is 6.16. The summed E-state index contributed by atoms with van der Waals surface area (Å²) in [6, 6.07) is 10.5. The molecule has 0 bridgehead atoms. The molecule has 0 saturated carbocycles. The molecule has 1 atom stereocenters. The number of hydrogen-bond donors (Lipinski definition) is 1. The van der Waals surface area contributed by atoms with Crippen LogP contribution < -0.4 is 5.32 Å². The molecule has 1 aromatic carbocycles. The Kier molecular flexibility index (Phi) is 3.74. The van der Waals surface area contributed by atoms with Crippen LogP contribution >= 0.6 is 22.9 Å².